The van der Waals surface area contributed by atoms with Crippen LogP contribution in [0.1, 0.15) is 53.1 Å². The number of hydrogen-bond donors (Lipinski definition) is 0. The van der Waals surface area contributed by atoms with Crippen molar-refractivity contribution in [3.05, 3.63) is 35.9 Å². The van der Waals surface area contributed by atoms with E-state index in [1.54, 1.807) is 0 Å². The fourth-order valence-electron chi connectivity index (χ4n) is 3.13. The van der Waals surface area contributed by atoms with Crippen LogP contribution in [-0.4, -0.2) is 32.3 Å². The van der Waals surface area contributed by atoms with Crippen molar-refractivity contribution in [1.29, 1.82) is 0 Å². The van der Waals surface area contributed by atoms with Crippen molar-refractivity contribution in [2.75, 3.05) is 13.2 Å². The van der Waals surface area contributed by atoms with Crippen LogP contribution < -0.4 is 0 Å². The molecule has 0 radical (unpaired) electrons. The molecule has 0 aromatic heterocycles. The number of amides is 1. The van der Waals surface area contributed by atoms with Gasteiger partial charge in [0, 0.05) is 19.1 Å². The molecule has 4 heteroatoms. The van der Waals surface area contributed by atoms with Crippen LogP contribution in [-0.2, 0) is 9.22 Å². The van der Waals surface area contributed by atoms with Gasteiger partial charge in [-0.05, 0) is 30.6 Å². The number of rotatable bonds is 5. The lowest BCUT2D eigenvalue weighted by atomic mass is 9.82. The lowest BCUT2D eigenvalue weighted by molar-refractivity contribution is -0.137. The molecule has 1 aromatic rings. The molecule has 1 fully saturated rings. The molecule has 1 aliphatic heterocycles. The van der Waals surface area contributed by atoms with E-state index >= 15 is 0 Å². The Balaban J connectivity index is 2.13. The van der Waals surface area contributed by atoms with E-state index in [0.717, 1.165) is 6.54 Å². The van der Waals surface area contributed by atoms with Crippen molar-refractivity contribution in [2.24, 2.45) is 11.3 Å². The van der Waals surface area contributed by atoms with Gasteiger partial charge in [-0.3, -0.25) is 4.79 Å². The van der Waals surface area contributed by atoms with Gasteiger partial charge in [-0.25, -0.2) is 0 Å². The summed E-state index contributed by atoms with van der Waals surface area (Å²) >= 11 is 0. The maximum absolute atomic E-state index is 13.1. The maximum atomic E-state index is 13.1. The predicted octanol–water partition coefficient (Wildman–Crippen LogP) is 5.25. The third-order valence-electron chi connectivity index (χ3n) is 6.45. The summed E-state index contributed by atoms with van der Waals surface area (Å²) in [7, 11) is -1.80. The number of nitrogens with zero attached hydrogens (tertiary/aromatic N) is 1. The van der Waals surface area contributed by atoms with E-state index in [0.29, 0.717) is 6.61 Å². The highest BCUT2D eigenvalue weighted by atomic mass is 28.4. The molecule has 3 nitrogen and oxygen atoms in total. The van der Waals surface area contributed by atoms with Gasteiger partial charge in [-0.2, -0.15) is 0 Å². The summed E-state index contributed by atoms with van der Waals surface area (Å²) in [5.74, 6) is 0.480. The Labute approximate surface area is 154 Å². The van der Waals surface area contributed by atoms with Crippen LogP contribution in [0.25, 0.3) is 0 Å². The Hall–Kier alpha value is -1.13. The first kappa shape index (κ1) is 20.2. The zero-order chi connectivity index (χ0) is 19.0. The van der Waals surface area contributed by atoms with E-state index in [-0.39, 0.29) is 28.3 Å². The van der Waals surface area contributed by atoms with Crippen LogP contribution in [0.4, 0.5) is 0 Å². The summed E-state index contributed by atoms with van der Waals surface area (Å²) in [5, 5.41) is 0.191. The average molecular weight is 362 g/mol. The third-order valence-corrected chi connectivity index (χ3v) is 11.0. The monoisotopic (exact) mass is 361 g/mol. The van der Waals surface area contributed by atoms with Crippen LogP contribution in [0, 0.1) is 11.3 Å². The minimum Gasteiger partial charge on any atom is -0.416 e. The van der Waals surface area contributed by atoms with Gasteiger partial charge in [0.05, 0.1) is 11.5 Å². The number of likely N-dealkylation sites (tertiary alicyclic amines) is 1. The number of carbonyl (C=O) groups is 1. The second-order valence-electron chi connectivity index (χ2n) is 9.53. The molecule has 0 bridgehead atoms. The lowest BCUT2D eigenvalue weighted by Gasteiger charge is -2.38. The fourth-order valence-corrected chi connectivity index (χ4v) is 4.18. The Bertz CT molecular complexity index is 604. The molecular formula is C21H35NO2Si. The van der Waals surface area contributed by atoms with Crippen molar-refractivity contribution in [3.63, 3.8) is 0 Å². The zero-order valence-electron chi connectivity index (χ0n) is 17.2. The van der Waals surface area contributed by atoms with Gasteiger partial charge in [0.25, 0.3) is 0 Å². The molecule has 25 heavy (non-hydrogen) atoms. The van der Waals surface area contributed by atoms with Gasteiger partial charge in [-0.15, -0.1) is 0 Å². The molecule has 0 saturated carbocycles. The molecular weight excluding hydrogens is 326 g/mol. The maximum Gasteiger partial charge on any atom is 0.229 e. The highest BCUT2D eigenvalue weighted by Crippen LogP contribution is 2.43. The topological polar surface area (TPSA) is 29.5 Å². The molecule has 140 valence electrons. The van der Waals surface area contributed by atoms with E-state index < -0.39 is 8.32 Å². The molecule has 0 aliphatic carbocycles. The van der Waals surface area contributed by atoms with E-state index in [9.17, 15) is 4.79 Å². The van der Waals surface area contributed by atoms with Crippen molar-refractivity contribution < 1.29 is 9.22 Å². The molecule has 0 unspecified atom stereocenters. The second kappa shape index (κ2) is 6.88. The van der Waals surface area contributed by atoms with E-state index in [1.165, 1.54) is 5.56 Å². The Kier molecular flexibility index (Phi) is 5.55. The number of carbonyl (C=O) groups excluding carboxylic acids is 1. The smallest absolute Gasteiger partial charge is 0.229 e. The molecule has 1 aromatic carbocycles. The fraction of sp³-hybridized carbons (Fsp3) is 0.667. The van der Waals surface area contributed by atoms with Gasteiger partial charge < -0.3 is 9.33 Å². The molecule has 0 spiro atoms. The lowest BCUT2D eigenvalue weighted by Crippen LogP contribution is -2.43. The van der Waals surface area contributed by atoms with E-state index in [4.69, 9.17) is 4.43 Å². The van der Waals surface area contributed by atoms with Crippen LogP contribution in [0.5, 0.6) is 0 Å². The van der Waals surface area contributed by atoms with Crippen molar-refractivity contribution in [3.8, 4) is 0 Å². The average Bonchev–Trinajstić information content (AvgIpc) is 2.75. The van der Waals surface area contributed by atoms with Crippen LogP contribution in [0.3, 0.4) is 0 Å². The Morgan fingerprint density at radius 3 is 2.32 bits per heavy atom. The van der Waals surface area contributed by atoms with Crippen molar-refractivity contribution >= 4 is 14.2 Å². The van der Waals surface area contributed by atoms with Crippen LogP contribution >= 0.6 is 0 Å². The Morgan fingerprint density at radius 1 is 1.24 bits per heavy atom. The normalized spacial score (nSPS) is 22.3. The zero-order valence-corrected chi connectivity index (χ0v) is 18.2. The molecule has 1 amide bonds. The summed E-state index contributed by atoms with van der Waals surface area (Å²) in [6, 6.07) is 10.4. The van der Waals surface area contributed by atoms with Gasteiger partial charge in [-0.1, -0.05) is 65.0 Å². The van der Waals surface area contributed by atoms with Gasteiger partial charge in [0.1, 0.15) is 0 Å². The van der Waals surface area contributed by atoms with Gasteiger partial charge in [0.15, 0.2) is 8.32 Å². The summed E-state index contributed by atoms with van der Waals surface area (Å²) in [4.78, 5) is 15.1. The summed E-state index contributed by atoms with van der Waals surface area (Å²) < 4.78 is 6.46. The SMILES string of the molecule is C[C@H](c1ccccc1)N1C[C@H](CO[Si](C)(C)C(C)(C)C)C(C)(C)C1=O. The first-order valence-electron chi connectivity index (χ1n) is 9.38. The highest BCUT2D eigenvalue weighted by Gasteiger charge is 2.49. The number of benzene rings is 1. The van der Waals surface area contributed by atoms with Crippen LogP contribution in [0.15, 0.2) is 30.3 Å². The first-order chi connectivity index (χ1) is 11.4. The van der Waals surface area contributed by atoms with E-state index in [1.807, 2.05) is 23.1 Å². The van der Waals surface area contributed by atoms with E-state index in [2.05, 4.69) is 66.8 Å². The highest BCUT2D eigenvalue weighted by molar-refractivity contribution is 6.74. The summed E-state index contributed by atoms with van der Waals surface area (Å²) in [6.45, 7) is 19.1. The summed E-state index contributed by atoms with van der Waals surface area (Å²) in [6.07, 6.45) is 0. The second-order valence-corrected chi connectivity index (χ2v) is 14.3. The summed E-state index contributed by atoms with van der Waals surface area (Å²) in [5.41, 5.74) is 0.823. The first-order valence-corrected chi connectivity index (χ1v) is 12.3. The number of hydrogen-bond acceptors (Lipinski definition) is 2. The molecule has 1 aliphatic rings. The third kappa shape index (κ3) is 4.00. The molecule has 2 atom stereocenters. The van der Waals surface area contributed by atoms with Gasteiger partial charge >= 0.3 is 0 Å². The van der Waals surface area contributed by atoms with Crippen molar-refractivity contribution in [1.82, 2.24) is 4.90 Å². The minimum atomic E-state index is -1.80. The molecule has 0 N–H and O–H groups in total. The predicted molar refractivity (Wildman–Crippen MR) is 107 cm³/mol. The molecule has 2 rings (SSSR count). The standard InChI is InChI=1S/C21H35NO2Si/c1-16(17-12-10-9-11-13-17)22-14-18(21(5,6)19(22)23)15-24-25(7,8)20(2,3)4/h9-13,16,18H,14-15H2,1-8H3/t16-,18-/m1/s1. The molecule has 1 heterocycles. The Morgan fingerprint density at radius 2 is 1.80 bits per heavy atom. The van der Waals surface area contributed by atoms with Gasteiger partial charge in [0.2, 0.25) is 5.91 Å². The quantitative estimate of drug-likeness (QED) is 0.670. The molecule has 1 saturated heterocycles. The largest absolute Gasteiger partial charge is 0.416 e. The van der Waals surface area contributed by atoms with Crippen molar-refractivity contribution in [2.45, 2.75) is 65.7 Å². The minimum absolute atomic E-state index is 0.103. The van der Waals surface area contributed by atoms with Crippen LogP contribution in [0.2, 0.25) is 18.1 Å².